The Labute approximate surface area is 159 Å². The van der Waals surface area contributed by atoms with Crippen LogP contribution in [0.2, 0.25) is 0 Å². The standard InChI is InChI=1S/C20H16N2O6/c1-13(27-20(24)17-11-12-18(28-17)22(25)26)19(23)21-16-10-6-5-9-15(16)14-7-3-2-4-8-14/h2-13H,1H3,(H,21,23). The minimum atomic E-state index is -1.14. The Morgan fingerprint density at radius 1 is 1.04 bits per heavy atom. The lowest BCUT2D eigenvalue weighted by Gasteiger charge is -2.15. The van der Waals surface area contributed by atoms with Crippen LogP contribution in [0.4, 0.5) is 11.6 Å². The molecule has 0 radical (unpaired) electrons. The Hall–Kier alpha value is -3.94. The quantitative estimate of drug-likeness (QED) is 0.392. The molecule has 8 nitrogen and oxygen atoms in total. The van der Waals surface area contributed by atoms with E-state index in [0.29, 0.717) is 5.69 Å². The van der Waals surface area contributed by atoms with Crippen molar-refractivity contribution in [1.29, 1.82) is 0 Å². The zero-order chi connectivity index (χ0) is 20.1. The zero-order valence-electron chi connectivity index (χ0n) is 14.8. The number of amides is 1. The second-order valence-electron chi connectivity index (χ2n) is 5.84. The molecule has 3 rings (SSSR count). The number of nitrogens with one attached hydrogen (secondary N) is 1. The van der Waals surface area contributed by atoms with Gasteiger partial charge in [0.1, 0.15) is 4.92 Å². The summed E-state index contributed by atoms with van der Waals surface area (Å²) in [6.45, 7) is 1.40. The predicted octanol–water partition coefficient (Wildman–Crippen LogP) is 4.04. The van der Waals surface area contributed by atoms with Gasteiger partial charge in [-0.25, -0.2) is 4.79 Å². The van der Waals surface area contributed by atoms with E-state index in [-0.39, 0.29) is 5.76 Å². The van der Waals surface area contributed by atoms with Gasteiger partial charge in [-0.2, -0.15) is 0 Å². The average Bonchev–Trinajstić information content (AvgIpc) is 3.20. The van der Waals surface area contributed by atoms with E-state index in [4.69, 9.17) is 9.15 Å². The molecule has 2 aromatic carbocycles. The monoisotopic (exact) mass is 380 g/mol. The van der Waals surface area contributed by atoms with Crippen molar-refractivity contribution in [3.05, 3.63) is 82.6 Å². The van der Waals surface area contributed by atoms with Crippen LogP contribution in [0.3, 0.4) is 0 Å². The summed E-state index contributed by atoms with van der Waals surface area (Å²) >= 11 is 0. The number of hydrogen-bond donors (Lipinski definition) is 1. The maximum atomic E-state index is 12.4. The van der Waals surface area contributed by atoms with E-state index >= 15 is 0 Å². The van der Waals surface area contributed by atoms with Gasteiger partial charge in [-0.3, -0.25) is 14.9 Å². The minimum Gasteiger partial charge on any atom is -0.447 e. The molecule has 0 spiro atoms. The van der Waals surface area contributed by atoms with Crippen LogP contribution >= 0.6 is 0 Å². The molecule has 0 saturated carbocycles. The highest BCUT2D eigenvalue weighted by atomic mass is 16.7. The Kier molecular flexibility index (Phi) is 5.50. The number of para-hydroxylation sites is 1. The van der Waals surface area contributed by atoms with Gasteiger partial charge in [0, 0.05) is 11.3 Å². The Bertz CT molecular complexity index is 1010. The summed E-state index contributed by atoms with van der Waals surface area (Å²) in [7, 11) is 0. The Morgan fingerprint density at radius 3 is 2.39 bits per heavy atom. The molecule has 1 N–H and O–H groups in total. The number of furan rings is 1. The fraction of sp³-hybridized carbons (Fsp3) is 0.100. The normalized spacial score (nSPS) is 11.5. The number of nitro groups is 1. The third kappa shape index (κ3) is 4.24. The molecular weight excluding hydrogens is 364 g/mol. The summed E-state index contributed by atoms with van der Waals surface area (Å²) in [5, 5.41) is 13.3. The minimum absolute atomic E-state index is 0.351. The third-order valence-electron chi connectivity index (χ3n) is 3.90. The molecule has 1 unspecified atom stereocenters. The highest BCUT2D eigenvalue weighted by molar-refractivity contribution is 5.99. The largest absolute Gasteiger partial charge is 0.447 e. The Morgan fingerprint density at radius 2 is 1.71 bits per heavy atom. The van der Waals surface area contributed by atoms with E-state index < -0.39 is 28.8 Å². The van der Waals surface area contributed by atoms with Crippen molar-refractivity contribution in [2.75, 3.05) is 5.32 Å². The molecule has 28 heavy (non-hydrogen) atoms. The molecule has 0 bridgehead atoms. The van der Waals surface area contributed by atoms with Gasteiger partial charge < -0.3 is 14.5 Å². The molecule has 0 aliphatic heterocycles. The molecule has 8 heteroatoms. The van der Waals surface area contributed by atoms with Crippen LogP contribution < -0.4 is 5.32 Å². The number of carbonyl (C=O) groups is 2. The first-order chi connectivity index (χ1) is 13.5. The first-order valence-corrected chi connectivity index (χ1v) is 8.36. The predicted molar refractivity (Wildman–Crippen MR) is 101 cm³/mol. The van der Waals surface area contributed by atoms with Crippen LogP contribution in [0.25, 0.3) is 11.1 Å². The highest BCUT2D eigenvalue weighted by Gasteiger charge is 2.24. The van der Waals surface area contributed by atoms with E-state index in [0.717, 1.165) is 23.3 Å². The van der Waals surface area contributed by atoms with E-state index in [1.165, 1.54) is 6.92 Å². The van der Waals surface area contributed by atoms with Gasteiger partial charge >= 0.3 is 11.9 Å². The summed E-state index contributed by atoms with van der Waals surface area (Å²) in [6.07, 6.45) is -1.14. The van der Waals surface area contributed by atoms with Crippen molar-refractivity contribution < 1.29 is 23.7 Å². The van der Waals surface area contributed by atoms with Crippen LogP contribution in [-0.4, -0.2) is 22.9 Å². The molecule has 3 aromatic rings. The maximum absolute atomic E-state index is 12.4. The highest BCUT2D eigenvalue weighted by Crippen LogP contribution is 2.27. The fourth-order valence-electron chi connectivity index (χ4n) is 2.50. The number of anilines is 1. The van der Waals surface area contributed by atoms with Crippen molar-refractivity contribution in [2.45, 2.75) is 13.0 Å². The molecule has 0 saturated heterocycles. The van der Waals surface area contributed by atoms with Crippen molar-refractivity contribution >= 4 is 23.4 Å². The van der Waals surface area contributed by atoms with Gasteiger partial charge in [0.2, 0.25) is 5.76 Å². The molecular formula is C20H16N2O6. The van der Waals surface area contributed by atoms with Gasteiger partial charge in [0.15, 0.2) is 6.10 Å². The van der Waals surface area contributed by atoms with Crippen molar-refractivity contribution in [2.24, 2.45) is 0 Å². The van der Waals surface area contributed by atoms with E-state index in [9.17, 15) is 19.7 Å². The molecule has 1 amide bonds. The number of rotatable bonds is 6. The number of ether oxygens (including phenoxy) is 1. The summed E-state index contributed by atoms with van der Waals surface area (Å²) in [5.41, 5.74) is 2.30. The van der Waals surface area contributed by atoms with Gasteiger partial charge in [-0.05, 0) is 24.6 Å². The second-order valence-corrected chi connectivity index (χ2v) is 5.84. The summed E-state index contributed by atoms with van der Waals surface area (Å²) < 4.78 is 9.82. The lowest BCUT2D eigenvalue weighted by molar-refractivity contribution is -0.402. The SMILES string of the molecule is CC(OC(=O)c1ccc([N+](=O)[O-])o1)C(=O)Nc1ccccc1-c1ccccc1. The molecule has 1 atom stereocenters. The molecule has 0 aliphatic rings. The van der Waals surface area contributed by atoms with Gasteiger partial charge in [0.25, 0.3) is 5.91 Å². The molecule has 0 fully saturated rings. The van der Waals surface area contributed by atoms with Crippen LogP contribution in [0.1, 0.15) is 17.5 Å². The summed E-state index contributed by atoms with van der Waals surface area (Å²) in [6, 6.07) is 18.9. The zero-order valence-corrected chi connectivity index (χ0v) is 14.8. The van der Waals surface area contributed by atoms with Crippen LogP contribution in [0.15, 0.2) is 71.1 Å². The van der Waals surface area contributed by atoms with Crippen molar-refractivity contribution in [1.82, 2.24) is 0 Å². The maximum Gasteiger partial charge on any atom is 0.433 e. The van der Waals surface area contributed by atoms with Gasteiger partial charge in [-0.1, -0.05) is 48.5 Å². The van der Waals surface area contributed by atoms with Crippen molar-refractivity contribution in [3.8, 4) is 11.1 Å². The smallest absolute Gasteiger partial charge is 0.433 e. The second kappa shape index (κ2) is 8.17. The Balaban J connectivity index is 1.69. The number of carbonyl (C=O) groups excluding carboxylic acids is 2. The summed E-state index contributed by atoms with van der Waals surface area (Å²) in [4.78, 5) is 34.3. The first-order valence-electron chi connectivity index (χ1n) is 8.36. The van der Waals surface area contributed by atoms with E-state index in [2.05, 4.69) is 5.32 Å². The molecule has 0 aliphatic carbocycles. The number of esters is 1. The number of hydrogen-bond acceptors (Lipinski definition) is 6. The van der Waals surface area contributed by atoms with Crippen molar-refractivity contribution in [3.63, 3.8) is 0 Å². The number of benzene rings is 2. The fourth-order valence-corrected chi connectivity index (χ4v) is 2.50. The van der Waals surface area contributed by atoms with Gasteiger partial charge in [-0.15, -0.1) is 0 Å². The molecule has 1 aromatic heterocycles. The third-order valence-corrected chi connectivity index (χ3v) is 3.90. The van der Waals surface area contributed by atoms with Gasteiger partial charge in [0.05, 0.1) is 6.07 Å². The van der Waals surface area contributed by atoms with Crippen LogP contribution in [0.5, 0.6) is 0 Å². The van der Waals surface area contributed by atoms with E-state index in [1.54, 1.807) is 12.1 Å². The van der Waals surface area contributed by atoms with Crippen LogP contribution in [-0.2, 0) is 9.53 Å². The average molecular weight is 380 g/mol. The van der Waals surface area contributed by atoms with Crippen LogP contribution in [0, 0.1) is 10.1 Å². The molecule has 142 valence electrons. The molecule has 1 heterocycles. The first kappa shape index (κ1) is 18.8. The lowest BCUT2D eigenvalue weighted by atomic mass is 10.0. The van der Waals surface area contributed by atoms with E-state index in [1.807, 2.05) is 42.5 Å². The number of nitrogens with zero attached hydrogens (tertiary/aromatic N) is 1. The summed E-state index contributed by atoms with van der Waals surface area (Å²) in [5.74, 6) is -2.44. The topological polar surface area (TPSA) is 112 Å². The lowest BCUT2D eigenvalue weighted by Crippen LogP contribution is -2.30.